The summed E-state index contributed by atoms with van der Waals surface area (Å²) in [5.74, 6) is -1.81. The van der Waals surface area contributed by atoms with Crippen LogP contribution in [-0.4, -0.2) is 48.6 Å². The molecule has 0 aliphatic rings. The molecule has 128 valence electrons. The van der Waals surface area contributed by atoms with E-state index in [1.807, 2.05) is 0 Å². The fourth-order valence-electron chi connectivity index (χ4n) is 1.87. The standard InChI is InChI=1S/C14H28N4O4/c15-8-4-1-2-7-12(19)17-10-13(20)18-11(14(21)22)6-3-5-9-16/h11H,1-10,15-16H2,(H,17,19)(H,18,20)(H,21,22)/t11-/m0/s1. The van der Waals surface area contributed by atoms with Gasteiger partial charge in [0.05, 0.1) is 6.54 Å². The highest BCUT2D eigenvalue weighted by atomic mass is 16.4. The maximum Gasteiger partial charge on any atom is 0.326 e. The van der Waals surface area contributed by atoms with E-state index >= 15 is 0 Å². The average Bonchev–Trinajstić information content (AvgIpc) is 2.48. The van der Waals surface area contributed by atoms with Crippen LogP contribution in [0.3, 0.4) is 0 Å². The number of nitrogens with one attached hydrogen (secondary N) is 2. The first-order valence-electron chi connectivity index (χ1n) is 7.70. The molecule has 22 heavy (non-hydrogen) atoms. The van der Waals surface area contributed by atoms with E-state index in [9.17, 15) is 14.4 Å². The van der Waals surface area contributed by atoms with E-state index in [-0.39, 0.29) is 12.5 Å². The van der Waals surface area contributed by atoms with Crippen LogP contribution in [0.5, 0.6) is 0 Å². The zero-order valence-electron chi connectivity index (χ0n) is 13.0. The van der Waals surface area contributed by atoms with E-state index in [0.29, 0.717) is 38.8 Å². The van der Waals surface area contributed by atoms with Crippen molar-refractivity contribution >= 4 is 17.8 Å². The quantitative estimate of drug-likeness (QED) is 0.284. The number of hydrogen-bond donors (Lipinski definition) is 5. The summed E-state index contributed by atoms with van der Waals surface area (Å²) in [6.45, 7) is 0.877. The number of amides is 2. The van der Waals surface area contributed by atoms with Crippen molar-refractivity contribution in [2.24, 2.45) is 11.5 Å². The molecule has 0 radical (unpaired) electrons. The van der Waals surface area contributed by atoms with E-state index in [0.717, 1.165) is 19.3 Å². The van der Waals surface area contributed by atoms with Gasteiger partial charge in [-0.25, -0.2) is 4.79 Å². The lowest BCUT2D eigenvalue weighted by atomic mass is 10.1. The van der Waals surface area contributed by atoms with Crippen LogP contribution in [0.2, 0.25) is 0 Å². The van der Waals surface area contributed by atoms with Crippen molar-refractivity contribution in [2.75, 3.05) is 19.6 Å². The minimum absolute atomic E-state index is 0.212. The fourth-order valence-corrected chi connectivity index (χ4v) is 1.87. The Hall–Kier alpha value is -1.67. The molecule has 0 spiro atoms. The minimum Gasteiger partial charge on any atom is -0.480 e. The van der Waals surface area contributed by atoms with E-state index in [1.165, 1.54) is 0 Å². The van der Waals surface area contributed by atoms with Crippen molar-refractivity contribution in [3.05, 3.63) is 0 Å². The van der Waals surface area contributed by atoms with Gasteiger partial charge in [0.2, 0.25) is 11.8 Å². The Morgan fingerprint density at radius 1 is 0.909 bits per heavy atom. The highest BCUT2D eigenvalue weighted by Crippen LogP contribution is 2.01. The lowest BCUT2D eigenvalue weighted by Crippen LogP contribution is -2.45. The summed E-state index contributed by atoms with van der Waals surface area (Å²) in [7, 11) is 0. The van der Waals surface area contributed by atoms with Crippen molar-refractivity contribution in [1.82, 2.24) is 10.6 Å². The second-order valence-electron chi connectivity index (χ2n) is 5.12. The van der Waals surface area contributed by atoms with Crippen molar-refractivity contribution in [1.29, 1.82) is 0 Å². The number of hydrogen-bond acceptors (Lipinski definition) is 5. The topological polar surface area (TPSA) is 148 Å². The molecule has 0 saturated carbocycles. The van der Waals surface area contributed by atoms with Gasteiger partial charge in [0.15, 0.2) is 0 Å². The molecular formula is C14H28N4O4. The molecule has 0 aromatic carbocycles. The van der Waals surface area contributed by atoms with Gasteiger partial charge in [-0.1, -0.05) is 6.42 Å². The van der Waals surface area contributed by atoms with Crippen LogP contribution in [0, 0.1) is 0 Å². The molecule has 0 heterocycles. The van der Waals surface area contributed by atoms with E-state index in [1.54, 1.807) is 0 Å². The van der Waals surface area contributed by atoms with Crippen molar-refractivity contribution < 1.29 is 19.5 Å². The van der Waals surface area contributed by atoms with Crippen LogP contribution >= 0.6 is 0 Å². The molecule has 0 aliphatic carbocycles. The van der Waals surface area contributed by atoms with Gasteiger partial charge in [-0.3, -0.25) is 9.59 Å². The Kier molecular flexibility index (Phi) is 12.0. The maximum absolute atomic E-state index is 11.6. The van der Waals surface area contributed by atoms with Crippen LogP contribution in [0.15, 0.2) is 0 Å². The lowest BCUT2D eigenvalue weighted by molar-refractivity contribution is -0.142. The van der Waals surface area contributed by atoms with Gasteiger partial charge in [-0.05, 0) is 45.2 Å². The molecule has 7 N–H and O–H groups in total. The Balaban J connectivity index is 3.93. The zero-order valence-corrected chi connectivity index (χ0v) is 13.0. The van der Waals surface area contributed by atoms with Crippen molar-refractivity contribution in [3.63, 3.8) is 0 Å². The van der Waals surface area contributed by atoms with Gasteiger partial charge in [-0.2, -0.15) is 0 Å². The predicted octanol–water partition coefficient (Wildman–Crippen LogP) is -0.680. The van der Waals surface area contributed by atoms with Gasteiger partial charge in [0.1, 0.15) is 6.04 Å². The van der Waals surface area contributed by atoms with Gasteiger partial charge >= 0.3 is 5.97 Å². The summed E-state index contributed by atoms with van der Waals surface area (Å²) in [6, 6.07) is -0.944. The second kappa shape index (κ2) is 13.0. The van der Waals surface area contributed by atoms with Crippen LogP contribution in [0.4, 0.5) is 0 Å². The molecule has 0 rings (SSSR count). The molecule has 0 aliphatic heterocycles. The SMILES string of the molecule is NCCCCCC(=O)NCC(=O)N[C@@H](CCCCN)C(=O)O. The van der Waals surface area contributed by atoms with Gasteiger partial charge in [-0.15, -0.1) is 0 Å². The fraction of sp³-hybridized carbons (Fsp3) is 0.786. The summed E-state index contributed by atoms with van der Waals surface area (Å²) in [5.41, 5.74) is 10.7. The number of carboxylic acid groups (broad SMARTS) is 1. The smallest absolute Gasteiger partial charge is 0.326 e. The van der Waals surface area contributed by atoms with E-state index in [4.69, 9.17) is 16.6 Å². The first-order chi connectivity index (χ1) is 10.5. The zero-order chi connectivity index (χ0) is 16.8. The molecule has 0 saturated heterocycles. The summed E-state index contributed by atoms with van der Waals surface area (Å²) in [4.78, 5) is 34.2. The second-order valence-corrected chi connectivity index (χ2v) is 5.12. The number of carbonyl (C=O) groups excluding carboxylic acids is 2. The van der Waals surface area contributed by atoms with Gasteiger partial charge < -0.3 is 27.2 Å². The van der Waals surface area contributed by atoms with E-state index in [2.05, 4.69) is 10.6 Å². The molecular weight excluding hydrogens is 288 g/mol. The first-order valence-corrected chi connectivity index (χ1v) is 7.70. The largest absolute Gasteiger partial charge is 0.480 e. The molecule has 0 unspecified atom stereocenters. The Bertz CT molecular complexity index is 350. The minimum atomic E-state index is -1.08. The summed E-state index contributed by atoms with van der Waals surface area (Å²) < 4.78 is 0. The summed E-state index contributed by atoms with van der Waals surface area (Å²) in [6.07, 6.45) is 4.47. The highest BCUT2D eigenvalue weighted by Gasteiger charge is 2.19. The summed E-state index contributed by atoms with van der Waals surface area (Å²) in [5, 5.41) is 13.9. The first kappa shape index (κ1) is 20.3. The molecule has 0 aromatic heterocycles. The van der Waals surface area contributed by atoms with Crippen LogP contribution in [-0.2, 0) is 14.4 Å². The Morgan fingerprint density at radius 3 is 2.14 bits per heavy atom. The summed E-state index contributed by atoms with van der Waals surface area (Å²) >= 11 is 0. The molecule has 0 fully saturated rings. The number of rotatable bonds is 13. The molecule has 8 heteroatoms. The van der Waals surface area contributed by atoms with E-state index < -0.39 is 17.9 Å². The van der Waals surface area contributed by atoms with Crippen molar-refractivity contribution in [2.45, 2.75) is 51.0 Å². The molecule has 0 aromatic rings. The van der Waals surface area contributed by atoms with Crippen LogP contribution in [0.1, 0.15) is 44.9 Å². The Morgan fingerprint density at radius 2 is 1.55 bits per heavy atom. The predicted molar refractivity (Wildman–Crippen MR) is 83.0 cm³/mol. The number of nitrogens with two attached hydrogens (primary N) is 2. The number of unbranched alkanes of at least 4 members (excludes halogenated alkanes) is 3. The number of carboxylic acids is 1. The maximum atomic E-state index is 11.6. The number of carbonyl (C=O) groups is 3. The third-order valence-corrected chi connectivity index (χ3v) is 3.13. The molecule has 1 atom stereocenters. The lowest BCUT2D eigenvalue weighted by Gasteiger charge is -2.14. The Labute approximate surface area is 131 Å². The number of aliphatic carboxylic acids is 1. The molecule has 0 bridgehead atoms. The van der Waals surface area contributed by atoms with Gasteiger partial charge in [0, 0.05) is 6.42 Å². The molecule has 2 amide bonds. The third kappa shape index (κ3) is 11.0. The van der Waals surface area contributed by atoms with Crippen molar-refractivity contribution in [3.8, 4) is 0 Å². The molecule has 8 nitrogen and oxygen atoms in total. The average molecular weight is 316 g/mol. The van der Waals surface area contributed by atoms with Crippen LogP contribution < -0.4 is 22.1 Å². The third-order valence-electron chi connectivity index (χ3n) is 3.13. The van der Waals surface area contributed by atoms with Crippen LogP contribution in [0.25, 0.3) is 0 Å². The highest BCUT2D eigenvalue weighted by molar-refractivity contribution is 5.87. The normalized spacial score (nSPS) is 11.7. The monoisotopic (exact) mass is 316 g/mol. The van der Waals surface area contributed by atoms with Gasteiger partial charge in [0.25, 0.3) is 0 Å².